The lowest BCUT2D eigenvalue weighted by molar-refractivity contribution is 0.396. The highest BCUT2D eigenvalue weighted by molar-refractivity contribution is 4.84. The van der Waals surface area contributed by atoms with Crippen LogP contribution in [0.1, 0.15) is 12.8 Å². The summed E-state index contributed by atoms with van der Waals surface area (Å²) in [6, 6.07) is 0.846. The van der Waals surface area contributed by atoms with Crippen LogP contribution in [-0.2, 0) is 4.74 Å². The fourth-order valence-electron chi connectivity index (χ4n) is 0.771. The van der Waals surface area contributed by atoms with Crippen molar-refractivity contribution in [2.75, 3.05) is 13.2 Å². The molecule has 0 aromatic rings. The summed E-state index contributed by atoms with van der Waals surface area (Å²) in [5.74, 6) is 0. The minimum absolute atomic E-state index is 0.565. The number of epoxide rings is 1. The molecular weight excluding hydrogens is 102 g/mol. The van der Waals surface area contributed by atoms with Crippen molar-refractivity contribution in [3.05, 3.63) is 0 Å². The van der Waals surface area contributed by atoms with Crippen molar-refractivity contribution in [1.82, 2.24) is 5.32 Å². The van der Waals surface area contributed by atoms with Crippen molar-refractivity contribution in [1.29, 1.82) is 0 Å². The Kier molecular flexibility index (Phi) is 1.02. The number of nitrogens with one attached hydrogen (secondary N) is 1. The van der Waals surface area contributed by atoms with Crippen molar-refractivity contribution in [3.8, 4) is 0 Å². The second-order valence-electron chi connectivity index (χ2n) is 2.64. The first-order chi connectivity index (χ1) is 3.95. The molecule has 1 saturated heterocycles. The summed E-state index contributed by atoms with van der Waals surface area (Å²) in [4.78, 5) is 0. The standard InChI is InChI=1S/C6H11NO/c1-2-5(1)7-3-6-4-8-6/h5-7H,1-4H2. The molecule has 2 rings (SSSR count). The summed E-state index contributed by atoms with van der Waals surface area (Å²) in [7, 11) is 0. The van der Waals surface area contributed by atoms with E-state index in [0.29, 0.717) is 6.10 Å². The van der Waals surface area contributed by atoms with Gasteiger partial charge in [0.15, 0.2) is 0 Å². The van der Waals surface area contributed by atoms with Crippen LogP contribution in [0.4, 0.5) is 0 Å². The molecule has 1 saturated carbocycles. The molecule has 1 aliphatic heterocycles. The lowest BCUT2D eigenvalue weighted by atomic mass is 10.5. The quantitative estimate of drug-likeness (QED) is 0.526. The van der Waals surface area contributed by atoms with E-state index in [1.807, 2.05) is 0 Å². The van der Waals surface area contributed by atoms with Crippen LogP contribution in [0.15, 0.2) is 0 Å². The Morgan fingerprint density at radius 2 is 2.25 bits per heavy atom. The third-order valence-corrected chi connectivity index (χ3v) is 1.61. The van der Waals surface area contributed by atoms with Gasteiger partial charge in [-0.05, 0) is 12.8 Å². The minimum Gasteiger partial charge on any atom is -0.372 e. The average molecular weight is 113 g/mol. The van der Waals surface area contributed by atoms with Crippen LogP contribution in [0.25, 0.3) is 0 Å². The van der Waals surface area contributed by atoms with E-state index in [0.717, 1.165) is 19.2 Å². The summed E-state index contributed by atoms with van der Waals surface area (Å²) >= 11 is 0. The average Bonchev–Trinajstić information content (AvgIpc) is 2.60. The van der Waals surface area contributed by atoms with E-state index in [2.05, 4.69) is 5.32 Å². The number of rotatable bonds is 3. The molecule has 0 radical (unpaired) electrons. The lowest BCUT2D eigenvalue weighted by Crippen LogP contribution is -2.21. The fraction of sp³-hybridized carbons (Fsp3) is 1.00. The zero-order chi connectivity index (χ0) is 5.40. The van der Waals surface area contributed by atoms with E-state index in [4.69, 9.17) is 4.74 Å². The molecule has 0 bridgehead atoms. The molecule has 46 valence electrons. The van der Waals surface area contributed by atoms with Gasteiger partial charge in [-0.1, -0.05) is 0 Å². The number of hydrogen-bond acceptors (Lipinski definition) is 2. The van der Waals surface area contributed by atoms with E-state index >= 15 is 0 Å². The van der Waals surface area contributed by atoms with Crippen LogP contribution in [0.3, 0.4) is 0 Å². The third-order valence-electron chi connectivity index (χ3n) is 1.61. The normalized spacial score (nSPS) is 35.2. The molecule has 0 amide bonds. The van der Waals surface area contributed by atoms with Crippen molar-refractivity contribution in [2.24, 2.45) is 0 Å². The largest absolute Gasteiger partial charge is 0.372 e. The summed E-state index contributed by atoms with van der Waals surface area (Å²) < 4.78 is 5.02. The molecule has 2 fully saturated rings. The summed E-state index contributed by atoms with van der Waals surface area (Å²) in [5, 5.41) is 3.39. The lowest BCUT2D eigenvalue weighted by Gasteiger charge is -1.94. The molecular formula is C6H11NO. The molecule has 1 atom stereocenters. The van der Waals surface area contributed by atoms with Crippen molar-refractivity contribution in [3.63, 3.8) is 0 Å². The van der Waals surface area contributed by atoms with Crippen LogP contribution in [-0.4, -0.2) is 25.3 Å². The van der Waals surface area contributed by atoms with E-state index in [9.17, 15) is 0 Å². The zero-order valence-electron chi connectivity index (χ0n) is 4.89. The second-order valence-corrected chi connectivity index (χ2v) is 2.64. The van der Waals surface area contributed by atoms with Crippen molar-refractivity contribution >= 4 is 0 Å². The van der Waals surface area contributed by atoms with E-state index in [1.165, 1.54) is 12.8 Å². The Balaban J connectivity index is 1.56. The van der Waals surface area contributed by atoms with Gasteiger partial charge in [0, 0.05) is 12.6 Å². The predicted octanol–water partition coefficient (Wildman–Crippen LogP) is 0.137. The van der Waals surface area contributed by atoms with Gasteiger partial charge in [0.25, 0.3) is 0 Å². The van der Waals surface area contributed by atoms with Crippen molar-refractivity contribution in [2.45, 2.75) is 25.0 Å². The maximum absolute atomic E-state index is 5.02. The first-order valence-electron chi connectivity index (χ1n) is 3.30. The van der Waals surface area contributed by atoms with E-state index in [-0.39, 0.29) is 0 Å². The fourth-order valence-corrected chi connectivity index (χ4v) is 0.771. The first kappa shape index (κ1) is 4.77. The van der Waals surface area contributed by atoms with Gasteiger partial charge in [0.05, 0.1) is 12.7 Å². The molecule has 8 heavy (non-hydrogen) atoms. The maximum Gasteiger partial charge on any atom is 0.0934 e. The third kappa shape index (κ3) is 1.20. The maximum atomic E-state index is 5.02. The monoisotopic (exact) mass is 113 g/mol. The Labute approximate surface area is 49.2 Å². The summed E-state index contributed by atoms with van der Waals surface area (Å²) in [5.41, 5.74) is 0. The van der Waals surface area contributed by atoms with Gasteiger partial charge >= 0.3 is 0 Å². The minimum atomic E-state index is 0.565. The van der Waals surface area contributed by atoms with Gasteiger partial charge in [-0.2, -0.15) is 0 Å². The van der Waals surface area contributed by atoms with E-state index < -0.39 is 0 Å². The van der Waals surface area contributed by atoms with Crippen molar-refractivity contribution < 1.29 is 4.74 Å². The molecule has 2 nitrogen and oxygen atoms in total. The van der Waals surface area contributed by atoms with Crippen LogP contribution in [0.2, 0.25) is 0 Å². The number of ether oxygens (including phenoxy) is 1. The molecule has 0 aromatic carbocycles. The van der Waals surface area contributed by atoms with Crippen LogP contribution >= 0.6 is 0 Å². The second kappa shape index (κ2) is 1.71. The van der Waals surface area contributed by atoms with Crippen LogP contribution < -0.4 is 5.32 Å². The molecule has 1 unspecified atom stereocenters. The predicted molar refractivity (Wildman–Crippen MR) is 30.8 cm³/mol. The summed E-state index contributed by atoms with van der Waals surface area (Å²) in [6.07, 6.45) is 3.33. The summed E-state index contributed by atoms with van der Waals surface area (Å²) in [6.45, 7) is 2.07. The Morgan fingerprint density at radius 1 is 1.50 bits per heavy atom. The van der Waals surface area contributed by atoms with Gasteiger partial charge in [-0.25, -0.2) is 0 Å². The molecule has 0 spiro atoms. The van der Waals surface area contributed by atoms with E-state index in [1.54, 1.807) is 0 Å². The van der Waals surface area contributed by atoms with Gasteiger partial charge in [0.2, 0.25) is 0 Å². The smallest absolute Gasteiger partial charge is 0.0934 e. The molecule has 2 aliphatic rings. The highest BCUT2D eigenvalue weighted by Gasteiger charge is 2.26. The highest BCUT2D eigenvalue weighted by atomic mass is 16.6. The molecule has 2 heteroatoms. The zero-order valence-corrected chi connectivity index (χ0v) is 4.89. The number of hydrogen-bond donors (Lipinski definition) is 1. The van der Waals surface area contributed by atoms with Gasteiger partial charge in [-0.15, -0.1) is 0 Å². The highest BCUT2D eigenvalue weighted by Crippen LogP contribution is 2.19. The molecule has 1 aliphatic carbocycles. The van der Waals surface area contributed by atoms with Crippen LogP contribution in [0, 0.1) is 0 Å². The topological polar surface area (TPSA) is 24.6 Å². The van der Waals surface area contributed by atoms with Gasteiger partial charge in [0.1, 0.15) is 0 Å². The molecule has 0 aromatic heterocycles. The van der Waals surface area contributed by atoms with Gasteiger partial charge < -0.3 is 10.1 Å². The Morgan fingerprint density at radius 3 is 2.75 bits per heavy atom. The molecule has 1 heterocycles. The Bertz CT molecular complexity index is 74.5. The Hall–Kier alpha value is -0.0800. The van der Waals surface area contributed by atoms with Crippen LogP contribution in [0.5, 0.6) is 0 Å². The first-order valence-corrected chi connectivity index (χ1v) is 3.30. The van der Waals surface area contributed by atoms with Gasteiger partial charge in [-0.3, -0.25) is 0 Å². The SMILES string of the molecule is C1CC1NCC1CO1. The molecule has 1 N–H and O–H groups in total.